The summed E-state index contributed by atoms with van der Waals surface area (Å²) in [5.74, 6) is 1.22. The van der Waals surface area contributed by atoms with Crippen molar-refractivity contribution < 1.29 is 27.8 Å². The van der Waals surface area contributed by atoms with E-state index in [0.29, 0.717) is 41.7 Å². The standard InChI is InChI=1S/C18H17F3N2O3/c1-11(24)9-10-23-12(2)25-16-8-7-15(22-17(16)23)13-3-5-14(6-4-13)26-18(19,20)21/h3-8,11,24H,2,9-10H2,1H3/t11-/m1/s1. The second kappa shape index (κ2) is 6.87. The molecular formula is C18H17F3N2O3. The number of anilines is 1. The predicted octanol–water partition coefficient (Wildman–Crippen LogP) is 4.09. The van der Waals surface area contributed by atoms with E-state index < -0.39 is 12.5 Å². The molecular weight excluding hydrogens is 349 g/mol. The molecule has 0 fully saturated rings. The lowest BCUT2D eigenvalue weighted by Gasteiger charge is -2.17. The van der Waals surface area contributed by atoms with Crippen LogP contribution in [-0.4, -0.2) is 29.1 Å². The summed E-state index contributed by atoms with van der Waals surface area (Å²) < 4.78 is 46.2. The van der Waals surface area contributed by atoms with E-state index >= 15 is 0 Å². The molecule has 0 spiro atoms. The van der Waals surface area contributed by atoms with E-state index in [4.69, 9.17) is 4.74 Å². The van der Waals surface area contributed by atoms with Crippen LogP contribution in [0, 0.1) is 0 Å². The van der Waals surface area contributed by atoms with E-state index in [1.165, 1.54) is 24.3 Å². The summed E-state index contributed by atoms with van der Waals surface area (Å²) in [6.45, 7) is 6.01. The van der Waals surface area contributed by atoms with Gasteiger partial charge >= 0.3 is 6.36 Å². The molecule has 2 aromatic rings. The summed E-state index contributed by atoms with van der Waals surface area (Å²) in [4.78, 5) is 6.29. The monoisotopic (exact) mass is 366 g/mol. The first-order valence-corrected chi connectivity index (χ1v) is 7.92. The fourth-order valence-corrected chi connectivity index (χ4v) is 2.54. The van der Waals surface area contributed by atoms with Gasteiger partial charge in [0.1, 0.15) is 5.75 Å². The van der Waals surface area contributed by atoms with Gasteiger partial charge in [-0.1, -0.05) is 0 Å². The van der Waals surface area contributed by atoms with E-state index in [2.05, 4.69) is 16.3 Å². The van der Waals surface area contributed by atoms with E-state index in [1.54, 1.807) is 24.0 Å². The fraction of sp³-hybridized carbons (Fsp3) is 0.278. The molecule has 0 amide bonds. The molecule has 1 atom stereocenters. The molecule has 0 aliphatic carbocycles. The van der Waals surface area contributed by atoms with Crippen molar-refractivity contribution in [2.45, 2.75) is 25.8 Å². The van der Waals surface area contributed by atoms with Gasteiger partial charge in [-0.05, 0) is 56.3 Å². The number of alkyl halides is 3. The van der Waals surface area contributed by atoms with E-state index in [9.17, 15) is 18.3 Å². The number of rotatable bonds is 5. The number of hydrogen-bond acceptors (Lipinski definition) is 5. The summed E-state index contributed by atoms with van der Waals surface area (Å²) >= 11 is 0. The first kappa shape index (κ1) is 18.1. The van der Waals surface area contributed by atoms with Crippen molar-refractivity contribution in [3.63, 3.8) is 0 Å². The van der Waals surface area contributed by atoms with Gasteiger partial charge in [0.05, 0.1) is 11.8 Å². The number of aliphatic hydroxyl groups is 1. The second-order valence-electron chi connectivity index (χ2n) is 5.88. The number of aromatic nitrogens is 1. The van der Waals surface area contributed by atoms with Crippen LogP contribution in [0.3, 0.4) is 0 Å². The Morgan fingerprint density at radius 3 is 2.54 bits per heavy atom. The van der Waals surface area contributed by atoms with Crippen molar-refractivity contribution in [2.24, 2.45) is 0 Å². The Balaban J connectivity index is 1.83. The van der Waals surface area contributed by atoms with Gasteiger partial charge in [-0.25, -0.2) is 4.98 Å². The van der Waals surface area contributed by atoms with Crippen LogP contribution in [0.1, 0.15) is 13.3 Å². The van der Waals surface area contributed by atoms with Gasteiger partial charge in [-0.3, -0.25) is 4.90 Å². The minimum atomic E-state index is -4.73. The van der Waals surface area contributed by atoms with Gasteiger partial charge in [0.25, 0.3) is 0 Å². The molecule has 0 saturated heterocycles. The van der Waals surface area contributed by atoms with Gasteiger partial charge in [0.15, 0.2) is 17.5 Å². The number of halogens is 3. The van der Waals surface area contributed by atoms with Crippen LogP contribution in [0.2, 0.25) is 0 Å². The van der Waals surface area contributed by atoms with Gasteiger partial charge < -0.3 is 14.6 Å². The Morgan fingerprint density at radius 1 is 1.23 bits per heavy atom. The summed E-state index contributed by atoms with van der Waals surface area (Å²) in [7, 11) is 0. The normalized spacial score (nSPS) is 14.8. The van der Waals surface area contributed by atoms with E-state index in [1.807, 2.05) is 0 Å². The molecule has 5 nitrogen and oxygen atoms in total. The highest BCUT2D eigenvalue weighted by Gasteiger charge is 2.31. The van der Waals surface area contributed by atoms with Gasteiger partial charge in [-0.2, -0.15) is 0 Å². The average Bonchev–Trinajstić information content (AvgIpc) is 2.86. The summed E-state index contributed by atoms with van der Waals surface area (Å²) in [5.41, 5.74) is 1.21. The van der Waals surface area contributed by atoms with Crippen LogP contribution in [0.25, 0.3) is 11.3 Å². The van der Waals surface area contributed by atoms with E-state index in [-0.39, 0.29) is 5.75 Å². The summed E-state index contributed by atoms with van der Waals surface area (Å²) in [6.07, 6.45) is -4.69. The molecule has 26 heavy (non-hydrogen) atoms. The molecule has 1 aliphatic heterocycles. The minimum absolute atomic E-state index is 0.294. The van der Waals surface area contributed by atoms with Crippen molar-refractivity contribution in [3.05, 3.63) is 48.9 Å². The molecule has 0 bridgehead atoms. The predicted molar refractivity (Wildman–Crippen MR) is 89.8 cm³/mol. The van der Waals surface area contributed by atoms with Crippen LogP contribution in [0.15, 0.2) is 48.9 Å². The van der Waals surface area contributed by atoms with Crippen molar-refractivity contribution in [3.8, 4) is 22.8 Å². The van der Waals surface area contributed by atoms with Crippen LogP contribution >= 0.6 is 0 Å². The Kier molecular flexibility index (Phi) is 4.78. The summed E-state index contributed by atoms with van der Waals surface area (Å²) in [5, 5.41) is 9.48. The quantitative estimate of drug-likeness (QED) is 0.864. The number of hydrogen-bond donors (Lipinski definition) is 1. The maximum absolute atomic E-state index is 12.2. The Morgan fingerprint density at radius 2 is 1.92 bits per heavy atom. The van der Waals surface area contributed by atoms with Crippen molar-refractivity contribution in [1.29, 1.82) is 0 Å². The van der Waals surface area contributed by atoms with Gasteiger partial charge in [-0.15, -0.1) is 13.2 Å². The average molecular weight is 366 g/mol. The van der Waals surface area contributed by atoms with Crippen LogP contribution in [0.5, 0.6) is 11.5 Å². The van der Waals surface area contributed by atoms with Gasteiger partial charge in [0.2, 0.25) is 0 Å². The molecule has 138 valence electrons. The van der Waals surface area contributed by atoms with E-state index in [0.717, 1.165) is 0 Å². The molecule has 1 N–H and O–H groups in total. The highest BCUT2D eigenvalue weighted by Crippen LogP contribution is 2.38. The SMILES string of the molecule is C=C1Oc2ccc(-c3ccc(OC(F)(F)F)cc3)nc2N1CC[C@@H](C)O. The Labute approximate surface area is 148 Å². The molecule has 0 unspecified atom stereocenters. The number of ether oxygens (including phenoxy) is 2. The number of pyridine rings is 1. The third-order valence-corrected chi connectivity index (χ3v) is 3.78. The minimum Gasteiger partial charge on any atom is -0.438 e. The van der Waals surface area contributed by atoms with Crippen molar-refractivity contribution in [1.82, 2.24) is 4.98 Å². The zero-order valence-electron chi connectivity index (χ0n) is 14.0. The number of fused-ring (bicyclic) bond motifs is 1. The topological polar surface area (TPSA) is 54.8 Å². The second-order valence-corrected chi connectivity index (χ2v) is 5.88. The highest BCUT2D eigenvalue weighted by atomic mass is 19.4. The number of aliphatic hydroxyl groups excluding tert-OH is 1. The maximum Gasteiger partial charge on any atom is 0.573 e. The molecule has 8 heteroatoms. The largest absolute Gasteiger partial charge is 0.573 e. The first-order chi connectivity index (χ1) is 12.2. The molecule has 2 heterocycles. The lowest BCUT2D eigenvalue weighted by molar-refractivity contribution is -0.274. The third-order valence-electron chi connectivity index (χ3n) is 3.78. The Bertz CT molecular complexity index is 804. The molecule has 0 saturated carbocycles. The Hall–Kier alpha value is -2.74. The number of benzene rings is 1. The zero-order chi connectivity index (χ0) is 18.9. The van der Waals surface area contributed by atoms with Gasteiger partial charge in [0, 0.05) is 12.1 Å². The molecule has 1 aromatic heterocycles. The zero-order valence-corrected chi connectivity index (χ0v) is 14.0. The number of nitrogens with zero attached hydrogens (tertiary/aromatic N) is 2. The lowest BCUT2D eigenvalue weighted by atomic mass is 10.1. The maximum atomic E-state index is 12.2. The molecule has 3 rings (SSSR count). The van der Waals surface area contributed by atoms with Crippen LogP contribution in [0.4, 0.5) is 19.0 Å². The third kappa shape index (κ3) is 4.08. The first-order valence-electron chi connectivity index (χ1n) is 7.92. The fourth-order valence-electron chi connectivity index (χ4n) is 2.54. The molecule has 1 aromatic carbocycles. The van der Waals surface area contributed by atoms with Crippen molar-refractivity contribution in [2.75, 3.05) is 11.4 Å². The molecule has 0 radical (unpaired) electrons. The van der Waals surface area contributed by atoms with Crippen LogP contribution in [-0.2, 0) is 0 Å². The molecule has 1 aliphatic rings. The van der Waals surface area contributed by atoms with Crippen molar-refractivity contribution >= 4 is 5.82 Å². The smallest absolute Gasteiger partial charge is 0.438 e. The summed E-state index contributed by atoms with van der Waals surface area (Å²) in [6, 6.07) is 8.91. The highest BCUT2D eigenvalue weighted by molar-refractivity contribution is 5.69. The lowest BCUT2D eigenvalue weighted by Crippen LogP contribution is -2.24. The van der Waals surface area contributed by atoms with Crippen LogP contribution < -0.4 is 14.4 Å².